The maximum absolute atomic E-state index is 11.0. The Morgan fingerprint density at radius 3 is 2.55 bits per heavy atom. The van der Waals surface area contributed by atoms with E-state index in [-0.39, 0.29) is 12.1 Å². The van der Waals surface area contributed by atoms with Crippen LogP contribution in [-0.2, 0) is 6.42 Å². The van der Waals surface area contributed by atoms with Crippen LogP contribution in [0.5, 0.6) is 0 Å². The maximum Gasteiger partial charge on any atom is 0.272 e. The molecule has 0 aliphatic carbocycles. The molecule has 0 saturated carbocycles. The SMILES string of the molecule is CSc1ccccc1C(O)Cc1ccccc1[N+](=O)[O-]. The number of para-hydroxylation sites is 1. The largest absolute Gasteiger partial charge is 0.388 e. The second-order valence-electron chi connectivity index (χ2n) is 4.35. The molecule has 0 bridgehead atoms. The molecule has 0 fully saturated rings. The standard InChI is InChI=1S/C15H15NO3S/c1-20-15-9-5-3-7-12(15)14(17)10-11-6-2-4-8-13(11)16(18)19/h2-9,14,17H,10H2,1H3. The number of hydrogen-bond acceptors (Lipinski definition) is 4. The van der Waals surface area contributed by atoms with Crippen molar-refractivity contribution in [1.82, 2.24) is 0 Å². The summed E-state index contributed by atoms with van der Waals surface area (Å²) < 4.78 is 0. The molecule has 0 aromatic heterocycles. The van der Waals surface area contributed by atoms with Gasteiger partial charge in [-0.25, -0.2) is 0 Å². The normalized spacial score (nSPS) is 12.1. The smallest absolute Gasteiger partial charge is 0.272 e. The monoisotopic (exact) mass is 289 g/mol. The van der Waals surface area contributed by atoms with Crippen molar-refractivity contribution in [3.63, 3.8) is 0 Å². The van der Waals surface area contributed by atoms with Crippen LogP contribution in [0.2, 0.25) is 0 Å². The van der Waals surface area contributed by atoms with Gasteiger partial charge in [0.2, 0.25) is 0 Å². The van der Waals surface area contributed by atoms with E-state index < -0.39 is 11.0 Å². The molecule has 1 unspecified atom stereocenters. The molecule has 1 atom stereocenters. The predicted molar refractivity (Wildman–Crippen MR) is 80.0 cm³/mol. The van der Waals surface area contributed by atoms with E-state index in [4.69, 9.17) is 0 Å². The Hall–Kier alpha value is -1.85. The van der Waals surface area contributed by atoms with Crippen LogP contribution >= 0.6 is 11.8 Å². The van der Waals surface area contributed by atoms with Gasteiger partial charge in [0.05, 0.1) is 11.0 Å². The summed E-state index contributed by atoms with van der Waals surface area (Å²) in [7, 11) is 0. The highest BCUT2D eigenvalue weighted by Gasteiger charge is 2.18. The molecule has 0 radical (unpaired) electrons. The van der Waals surface area contributed by atoms with Crippen LogP contribution < -0.4 is 0 Å². The molecule has 0 amide bonds. The number of benzene rings is 2. The zero-order chi connectivity index (χ0) is 14.5. The summed E-state index contributed by atoms with van der Waals surface area (Å²) in [5, 5.41) is 21.3. The summed E-state index contributed by atoms with van der Waals surface area (Å²) in [6.07, 6.45) is 1.42. The summed E-state index contributed by atoms with van der Waals surface area (Å²) in [5.41, 5.74) is 1.40. The van der Waals surface area contributed by atoms with Gasteiger partial charge < -0.3 is 5.11 Å². The third-order valence-electron chi connectivity index (χ3n) is 3.10. The van der Waals surface area contributed by atoms with E-state index in [1.54, 1.807) is 30.0 Å². The molecule has 0 saturated heterocycles. The topological polar surface area (TPSA) is 63.4 Å². The molecule has 2 rings (SSSR count). The zero-order valence-corrected chi connectivity index (χ0v) is 11.8. The molecule has 0 aliphatic rings. The Labute approximate surface area is 121 Å². The summed E-state index contributed by atoms with van der Waals surface area (Å²) in [5.74, 6) is 0. The Morgan fingerprint density at radius 2 is 1.85 bits per heavy atom. The second-order valence-corrected chi connectivity index (χ2v) is 5.20. The van der Waals surface area contributed by atoms with Crippen LogP contribution in [0.3, 0.4) is 0 Å². The molecule has 2 aromatic rings. The van der Waals surface area contributed by atoms with Gasteiger partial charge in [0, 0.05) is 22.9 Å². The number of nitrogens with zero attached hydrogens (tertiary/aromatic N) is 1. The summed E-state index contributed by atoms with van der Waals surface area (Å²) in [6, 6.07) is 14.1. The van der Waals surface area contributed by atoms with Gasteiger partial charge in [0.25, 0.3) is 5.69 Å². The minimum absolute atomic E-state index is 0.0492. The quantitative estimate of drug-likeness (QED) is 0.519. The third-order valence-corrected chi connectivity index (χ3v) is 3.91. The van der Waals surface area contributed by atoms with Gasteiger partial charge in [-0.3, -0.25) is 10.1 Å². The lowest BCUT2D eigenvalue weighted by atomic mass is 10.0. The highest BCUT2D eigenvalue weighted by Crippen LogP contribution is 2.30. The van der Waals surface area contributed by atoms with Gasteiger partial charge >= 0.3 is 0 Å². The first-order valence-corrected chi connectivity index (χ1v) is 7.39. The Morgan fingerprint density at radius 1 is 1.20 bits per heavy atom. The first kappa shape index (κ1) is 14.6. The van der Waals surface area contributed by atoms with Crippen molar-refractivity contribution >= 4 is 17.4 Å². The Kier molecular flexibility index (Phi) is 4.76. The molecule has 0 spiro atoms. The van der Waals surface area contributed by atoms with E-state index >= 15 is 0 Å². The van der Waals surface area contributed by atoms with Gasteiger partial charge in [-0.05, 0) is 17.9 Å². The average molecular weight is 289 g/mol. The fourth-order valence-electron chi connectivity index (χ4n) is 2.12. The molecule has 4 nitrogen and oxygen atoms in total. The maximum atomic E-state index is 11.0. The average Bonchev–Trinajstić information content (AvgIpc) is 2.47. The highest BCUT2D eigenvalue weighted by molar-refractivity contribution is 7.98. The van der Waals surface area contributed by atoms with Crippen LogP contribution in [-0.4, -0.2) is 16.3 Å². The molecular formula is C15H15NO3S. The van der Waals surface area contributed by atoms with E-state index in [0.29, 0.717) is 5.56 Å². The molecule has 0 heterocycles. The lowest BCUT2D eigenvalue weighted by Gasteiger charge is -2.14. The molecule has 0 aliphatic heterocycles. The number of nitro benzene ring substituents is 1. The van der Waals surface area contributed by atoms with Crippen LogP contribution in [0.1, 0.15) is 17.2 Å². The highest BCUT2D eigenvalue weighted by atomic mass is 32.2. The van der Waals surface area contributed by atoms with Crippen molar-refractivity contribution in [2.75, 3.05) is 6.26 Å². The van der Waals surface area contributed by atoms with Crippen molar-refractivity contribution in [2.24, 2.45) is 0 Å². The first-order valence-electron chi connectivity index (χ1n) is 6.16. The molecule has 5 heteroatoms. The van der Waals surface area contributed by atoms with Crippen LogP contribution in [0.15, 0.2) is 53.4 Å². The third kappa shape index (κ3) is 3.18. The lowest BCUT2D eigenvalue weighted by Crippen LogP contribution is -2.05. The fraction of sp³-hybridized carbons (Fsp3) is 0.200. The van der Waals surface area contributed by atoms with Crippen molar-refractivity contribution in [3.8, 4) is 0 Å². The van der Waals surface area contributed by atoms with Crippen molar-refractivity contribution in [1.29, 1.82) is 0 Å². The lowest BCUT2D eigenvalue weighted by molar-refractivity contribution is -0.385. The van der Waals surface area contributed by atoms with Gasteiger partial charge in [0.15, 0.2) is 0 Å². The van der Waals surface area contributed by atoms with E-state index in [1.807, 2.05) is 30.5 Å². The number of hydrogen-bond donors (Lipinski definition) is 1. The van der Waals surface area contributed by atoms with Crippen molar-refractivity contribution < 1.29 is 10.0 Å². The minimum atomic E-state index is -0.750. The van der Waals surface area contributed by atoms with Crippen LogP contribution in [0.25, 0.3) is 0 Å². The zero-order valence-electron chi connectivity index (χ0n) is 11.0. The van der Waals surface area contributed by atoms with Crippen molar-refractivity contribution in [3.05, 3.63) is 69.8 Å². The van der Waals surface area contributed by atoms with Gasteiger partial charge in [0.1, 0.15) is 0 Å². The minimum Gasteiger partial charge on any atom is -0.388 e. The predicted octanol–water partition coefficient (Wildman–Crippen LogP) is 3.59. The number of thioether (sulfide) groups is 1. The second kappa shape index (κ2) is 6.54. The van der Waals surface area contributed by atoms with E-state index in [2.05, 4.69) is 0 Å². The number of nitro groups is 1. The Balaban J connectivity index is 2.28. The number of aliphatic hydroxyl groups is 1. The van der Waals surface area contributed by atoms with Crippen LogP contribution in [0, 0.1) is 10.1 Å². The van der Waals surface area contributed by atoms with E-state index in [0.717, 1.165) is 10.5 Å². The summed E-state index contributed by atoms with van der Waals surface area (Å²) in [4.78, 5) is 11.6. The van der Waals surface area contributed by atoms with Gasteiger partial charge in [-0.1, -0.05) is 36.4 Å². The fourth-order valence-corrected chi connectivity index (χ4v) is 2.78. The molecule has 2 aromatic carbocycles. The molecule has 104 valence electrons. The molecule has 1 N–H and O–H groups in total. The molecular weight excluding hydrogens is 274 g/mol. The van der Waals surface area contributed by atoms with E-state index in [9.17, 15) is 15.2 Å². The van der Waals surface area contributed by atoms with E-state index in [1.165, 1.54) is 6.07 Å². The van der Waals surface area contributed by atoms with Crippen LogP contribution in [0.4, 0.5) is 5.69 Å². The summed E-state index contributed by atoms with van der Waals surface area (Å²) in [6.45, 7) is 0. The summed E-state index contributed by atoms with van der Waals surface area (Å²) >= 11 is 1.55. The Bertz CT molecular complexity index is 616. The van der Waals surface area contributed by atoms with Gasteiger partial charge in [-0.2, -0.15) is 0 Å². The van der Waals surface area contributed by atoms with Crippen molar-refractivity contribution in [2.45, 2.75) is 17.4 Å². The molecule has 20 heavy (non-hydrogen) atoms. The number of aliphatic hydroxyl groups excluding tert-OH is 1. The van der Waals surface area contributed by atoms with Gasteiger partial charge in [-0.15, -0.1) is 11.8 Å². The first-order chi connectivity index (χ1) is 9.63. The number of rotatable bonds is 5.